The highest BCUT2D eigenvalue weighted by atomic mass is 35.5. The average Bonchev–Trinajstić information content (AvgIpc) is 3.26. The molecule has 0 spiro atoms. The van der Waals surface area contributed by atoms with Crippen LogP contribution in [0.3, 0.4) is 0 Å². The molecule has 2 heterocycles. The number of halogens is 3. The molecule has 2 aromatic carbocycles. The summed E-state index contributed by atoms with van der Waals surface area (Å²) in [6, 6.07) is 11.9. The van der Waals surface area contributed by atoms with Gasteiger partial charge in [-0.15, -0.1) is 0 Å². The molecule has 204 valence electrons. The standard InChI is InChI=1S/C29H36Cl2FN5O/c1-5-13-36(29(38)24-12-7-21(30)18-26(24)31)19-25-27(6-2)33-37(23-10-8-22(32)9-11-23)28(25)35-16-14-34(15-17-35)20(3)4/h7-12,18,20H,5-6,13-17,19H2,1-4H3. The number of anilines is 1. The molecule has 1 amide bonds. The number of amides is 1. The molecule has 0 aliphatic carbocycles. The Morgan fingerprint density at radius 3 is 2.32 bits per heavy atom. The Hall–Kier alpha value is -2.61. The SMILES string of the molecule is CCCN(Cc1c(CC)nn(-c2ccc(F)cc2)c1N1CCN(C(C)C)CC1)C(=O)c1ccc(Cl)cc1Cl. The van der Waals surface area contributed by atoms with Crippen molar-refractivity contribution >= 4 is 34.9 Å². The molecule has 1 aliphatic heterocycles. The van der Waals surface area contributed by atoms with E-state index in [0.717, 1.165) is 55.4 Å². The molecule has 38 heavy (non-hydrogen) atoms. The van der Waals surface area contributed by atoms with Crippen molar-refractivity contribution in [3.05, 3.63) is 75.1 Å². The highest BCUT2D eigenvalue weighted by molar-refractivity contribution is 6.36. The number of aryl methyl sites for hydroxylation is 1. The van der Waals surface area contributed by atoms with Gasteiger partial charge in [0.25, 0.3) is 5.91 Å². The van der Waals surface area contributed by atoms with Crippen molar-refractivity contribution in [2.45, 2.75) is 53.1 Å². The van der Waals surface area contributed by atoms with Crippen LogP contribution >= 0.6 is 23.2 Å². The molecule has 6 nitrogen and oxygen atoms in total. The van der Waals surface area contributed by atoms with E-state index >= 15 is 0 Å². The van der Waals surface area contributed by atoms with E-state index in [2.05, 4.69) is 37.5 Å². The van der Waals surface area contributed by atoms with Gasteiger partial charge in [0.15, 0.2) is 0 Å². The van der Waals surface area contributed by atoms with Gasteiger partial charge < -0.3 is 9.80 Å². The van der Waals surface area contributed by atoms with Crippen molar-refractivity contribution in [3.8, 4) is 5.69 Å². The molecule has 3 aromatic rings. The van der Waals surface area contributed by atoms with Gasteiger partial charge in [0.05, 0.1) is 28.5 Å². The van der Waals surface area contributed by atoms with E-state index in [-0.39, 0.29) is 11.7 Å². The number of hydrogen-bond donors (Lipinski definition) is 0. The molecule has 1 aromatic heterocycles. The summed E-state index contributed by atoms with van der Waals surface area (Å²) in [6.07, 6.45) is 1.51. The maximum Gasteiger partial charge on any atom is 0.255 e. The van der Waals surface area contributed by atoms with Gasteiger partial charge in [-0.05, 0) is 69.2 Å². The molecule has 0 bridgehead atoms. The number of piperazine rings is 1. The summed E-state index contributed by atoms with van der Waals surface area (Å²) in [5, 5.41) is 5.82. The summed E-state index contributed by atoms with van der Waals surface area (Å²) in [5.74, 6) is 0.539. The number of hydrogen-bond acceptors (Lipinski definition) is 4. The summed E-state index contributed by atoms with van der Waals surface area (Å²) in [5.41, 5.74) is 3.16. The van der Waals surface area contributed by atoms with Crippen molar-refractivity contribution in [1.29, 1.82) is 0 Å². The lowest BCUT2D eigenvalue weighted by Gasteiger charge is -2.38. The Morgan fingerprint density at radius 2 is 1.74 bits per heavy atom. The number of carbonyl (C=O) groups is 1. The molecule has 1 saturated heterocycles. The summed E-state index contributed by atoms with van der Waals surface area (Å²) < 4.78 is 15.7. The van der Waals surface area contributed by atoms with E-state index in [1.807, 2.05) is 9.58 Å². The van der Waals surface area contributed by atoms with Gasteiger partial charge in [0.1, 0.15) is 11.6 Å². The lowest BCUT2D eigenvalue weighted by molar-refractivity contribution is 0.0743. The largest absolute Gasteiger partial charge is 0.354 e. The van der Waals surface area contributed by atoms with E-state index in [0.29, 0.717) is 41.2 Å². The molecule has 1 aliphatic rings. The second-order valence-corrected chi connectivity index (χ2v) is 10.8. The third-order valence-corrected chi connectivity index (χ3v) is 7.63. The van der Waals surface area contributed by atoms with Crippen LogP contribution in [0.5, 0.6) is 0 Å². The molecular formula is C29H36Cl2FN5O. The first-order valence-electron chi connectivity index (χ1n) is 13.3. The summed E-state index contributed by atoms with van der Waals surface area (Å²) in [6.45, 7) is 13.1. The van der Waals surface area contributed by atoms with E-state index in [1.165, 1.54) is 12.1 Å². The summed E-state index contributed by atoms with van der Waals surface area (Å²) >= 11 is 12.5. The zero-order chi connectivity index (χ0) is 27.4. The molecule has 0 saturated carbocycles. The van der Waals surface area contributed by atoms with Gasteiger partial charge in [0.2, 0.25) is 0 Å². The van der Waals surface area contributed by atoms with Crippen molar-refractivity contribution in [1.82, 2.24) is 19.6 Å². The third kappa shape index (κ3) is 6.16. The second-order valence-electron chi connectivity index (χ2n) is 9.96. The Balaban J connectivity index is 1.77. The molecular weight excluding hydrogens is 524 g/mol. The van der Waals surface area contributed by atoms with Crippen molar-refractivity contribution < 1.29 is 9.18 Å². The van der Waals surface area contributed by atoms with Gasteiger partial charge in [-0.1, -0.05) is 37.0 Å². The van der Waals surface area contributed by atoms with E-state index < -0.39 is 0 Å². The molecule has 9 heteroatoms. The first-order chi connectivity index (χ1) is 18.2. The van der Waals surface area contributed by atoms with Crippen LogP contribution in [0.15, 0.2) is 42.5 Å². The smallest absolute Gasteiger partial charge is 0.255 e. The topological polar surface area (TPSA) is 44.6 Å². The summed E-state index contributed by atoms with van der Waals surface area (Å²) in [4.78, 5) is 20.4. The third-order valence-electron chi connectivity index (χ3n) is 7.08. The van der Waals surface area contributed by atoms with Crippen LogP contribution in [-0.4, -0.2) is 64.3 Å². The minimum Gasteiger partial charge on any atom is -0.354 e. The van der Waals surface area contributed by atoms with Crippen LogP contribution in [-0.2, 0) is 13.0 Å². The number of nitrogens with zero attached hydrogens (tertiary/aromatic N) is 5. The quantitative estimate of drug-likeness (QED) is 0.301. The van der Waals surface area contributed by atoms with Gasteiger partial charge >= 0.3 is 0 Å². The summed E-state index contributed by atoms with van der Waals surface area (Å²) in [7, 11) is 0. The Labute approximate surface area is 234 Å². The van der Waals surface area contributed by atoms with Gasteiger partial charge in [0, 0.05) is 49.4 Å². The van der Waals surface area contributed by atoms with Gasteiger partial charge in [-0.25, -0.2) is 9.07 Å². The highest BCUT2D eigenvalue weighted by Gasteiger charge is 2.29. The fraction of sp³-hybridized carbons (Fsp3) is 0.448. The first-order valence-corrected chi connectivity index (χ1v) is 14.1. The van der Waals surface area contributed by atoms with Crippen LogP contribution in [0.1, 0.15) is 55.7 Å². The number of rotatable bonds is 9. The Bertz CT molecular complexity index is 1250. The molecule has 0 atom stereocenters. The molecule has 0 radical (unpaired) electrons. The Kier molecular flexibility index (Phi) is 9.34. The fourth-order valence-electron chi connectivity index (χ4n) is 5.02. The monoisotopic (exact) mass is 559 g/mol. The molecule has 1 fully saturated rings. The highest BCUT2D eigenvalue weighted by Crippen LogP contribution is 2.32. The number of benzene rings is 2. The number of carbonyl (C=O) groups excluding carboxylic acids is 1. The second kappa shape index (κ2) is 12.5. The Morgan fingerprint density at radius 1 is 1.05 bits per heavy atom. The number of aromatic nitrogens is 2. The predicted molar refractivity (Wildman–Crippen MR) is 153 cm³/mol. The zero-order valence-electron chi connectivity index (χ0n) is 22.6. The van der Waals surface area contributed by atoms with Gasteiger partial charge in [-0.2, -0.15) is 5.10 Å². The first kappa shape index (κ1) is 28.4. The van der Waals surface area contributed by atoms with Crippen molar-refractivity contribution in [2.24, 2.45) is 0 Å². The fourth-order valence-corrected chi connectivity index (χ4v) is 5.50. The van der Waals surface area contributed by atoms with Crippen LogP contribution < -0.4 is 4.90 Å². The lowest BCUT2D eigenvalue weighted by atomic mass is 10.1. The van der Waals surface area contributed by atoms with Crippen LogP contribution in [0.2, 0.25) is 10.0 Å². The minimum absolute atomic E-state index is 0.138. The van der Waals surface area contributed by atoms with Crippen LogP contribution in [0, 0.1) is 5.82 Å². The van der Waals surface area contributed by atoms with Crippen LogP contribution in [0.4, 0.5) is 10.2 Å². The molecule has 0 unspecified atom stereocenters. The van der Waals surface area contributed by atoms with Crippen molar-refractivity contribution in [3.63, 3.8) is 0 Å². The van der Waals surface area contributed by atoms with Gasteiger partial charge in [-0.3, -0.25) is 9.69 Å². The average molecular weight is 561 g/mol. The zero-order valence-corrected chi connectivity index (χ0v) is 24.1. The van der Waals surface area contributed by atoms with E-state index in [9.17, 15) is 9.18 Å². The van der Waals surface area contributed by atoms with E-state index in [1.54, 1.807) is 30.3 Å². The maximum absolute atomic E-state index is 13.8. The van der Waals surface area contributed by atoms with Crippen molar-refractivity contribution in [2.75, 3.05) is 37.6 Å². The molecule has 0 N–H and O–H groups in total. The minimum atomic E-state index is -0.288. The predicted octanol–water partition coefficient (Wildman–Crippen LogP) is 6.46. The van der Waals surface area contributed by atoms with Crippen LogP contribution in [0.25, 0.3) is 5.69 Å². The van der Waals surface area contributed by atoms with E-state index in [4.69, 9.17) is 28.3 Å². The molecule has 4 rings (SSSR count). The maximum atomic E-state index is 13.8. The lowest BCUT2D eigenvalue weighted by Crippen LogP contribution is -2.49. The normalized spacial score (nSPS) is 14.4.